The quantitative estimate of drug-likeness (QED) is 0.826. The van der Waals surface area contributed by atoms with Crippen molar-refractivity contribution in [1.82, 2.24) is 10.1 Å². The third-order valence-electron chi connectivity index (χ3n) is 3.50. The SMILES string of the molecule is CCN(C(=O)c1c(C)noc1C)C1CCS(=O)(=O)C1. The van der Waals surface area contributed by atoms with E-state index in [2.05, 4.69) is 5.16 Å². The van der Waals surface area contributed by atoms with Crippen LogP contribution in [-0.4, -0.2) is 48.5 Å². The number of hydrogen-bond donors (Lipinski definition) is 0. The summed E-state index contributed by atoms with van der Waals surface area (Å²) in [5, 5.41) is 3.77. The van der Waals surface area contributed by atoms with E-state index in [1.807, 2.05) is 6.92 Å². The van der Waals surface area contributed by atoms with Crippen molar-refractivity contribution in [2.75, 3.05) is 18.1 Å². The fourth-order valence-corrected chi connectivity index (χ4v) is 4.25. The van der Waals surface area contributed by atoms with Crippen molar-refractivity contribution < 1.29 is 17.7 Å². The third kappa shape index (κ3) is 2.65. The van der Waals surface area contributed by atoms with Gasteiger partial charge in [0, 0.05) is 12.6 Å². The van der Waals surface area contributed by atoms with Crippen LogP contribution in [0, 0.1) is 13.8 Å². The van der Waals surface area contributed by atoms with Gasteiger partial charge in [0.05, 0.1) is 17.2 Å². The lowest BCUT2D eigenvalue weighted by Crippen LogP contribution is -2.41. The lowest BCUT2D eigenvalue weighted by atomic mass is 10.1. The molecular weight excluding hydrogens is 268 g/mol. The molecule has 0 aliphatic carbocycles. The van der Waals surface area contributed by atoms with Crippen LogP contribution in [0.15, 0.2) is 4.52 Å². The van der Waals surface area contributed by atoms with E-state index in [1.165, 1.54) is 0 Å². The highest BCUT2D eigenvalue weighted by molar-refractivity contribution is 7.91. The number of carbonyl (C=O) groups excluding carboxylic acids is 1. The molecule has 0 N–H and O–H groups in total. The molecule has 1 amide bonds. The Morgan fingerprint density at radius 2 is 2.16 bits per heavy atom. The van der Waals surface area contributed by atoms with Crippen LogP contribution >= 0.6 is 0 Å². The van der Waals surface area contributed by atoms with Gasteiger partial charge in [0.15, 0.2) is 9.84 Å². The van der Waals surface area contributed by atoms with E-state index in [0.29, 0.717) is 30.0 Å². The molecule has 0 spiro atoms. The zero-order valence-corrected chi connectivity index (χ0v) is 12.2. The predicted molar refractivity (Wildman–Crippen MR) is 69.7 cm³/mol. The van der Waals surface area contributed by atoms with Gasteiger partial charge in [-0.2, -0.15) is 0 Å². The van der Waals surface area contributed by atoms with Crippen LogP contribution in [0.2, 0.25) is 0 Å². The summed E-state index contributed by atoms with van der Waals surface area (Å²) in [5.41, 5.74) is 0.993. The first-order chi connectivity index (χ1) is 8.85. The van der Waals surface area contributed by atoms with E-state index in [-0.39, 0.29) is 23.5 Å². The molecular formula is C12H18N2O4S. The standard InChI is InChI=1S/C12H18N2O4S/c1-4-14(10-5-6-19(16,17)7-10)12(15)11-8(2)13-18-9(11)3/h10H,4-7H2,1-3H3. The van der Waals surface area contributed by atoms with Gasteiger partial charge in [-0.25, -0.2) is 8.42 Å². The van der Waals surface area contributed by atoms with Crippen LogP contribution < -0.4 is 0 Å². The molecule has 1 unspecified atom stereocenters. The van der Waals surface area contributed by atoms with Gasteiger partial charge in [-0.3, -0.25) is 4.79 Å². The van der Waals surface area contributed by atoms with E-state index < -0.39 is 9.84 Å². The molecule has 0 radical (unpaired) electrons. The van der Waals surface area contributed by atoms with Gasteiger partial charge < -0.3 is 9.42 Å². The van der Waals surface area contributed by atoms with Crippen molar-refractivity contribution in [2.24, 2.45) is 0 Å². The van der Waals surface area contributed by atoms with Gasteiger partial charge in [-0.05, 0) is 27.2 Å². The van der Waals surface area contributed by atoms with Crippen molar-refractivity contribution in [3.63, 3.8) is 0 Å². The van der Waals surface area contributed by atoms with E-state index >= 15 is 0 Å². The Balaban J connectivity index is 2.26. The fraction of sp³-hybridized carbons (Fsp3) is 0.667. The summed E-state index contributed by atoms with van der Waals surface area (Å²) in [6.45, 7) is 5.72. The Morgan fingerprint density at radius 3 is 2.58 bits per heavy atom. The Bertz CT molecular complexity index is 571. The number of nitrogens with zero attached hydrogens (tertiary/aromatic N) is 2. The first-order valence-electron chi connectivity index (χ1n) is 6.30. The van der Waals surface area contributed by atoms with Crippen LogP contribution in [0.3, 0.4) is 0 Å². The lowest BCUT2D eigenvalue weighted by molar-refractivity contribution is 0.0706. The minimum absolute atomic E-state index is 0.0515. The fourth-order valence-electron chi connectivity index (χ4n) is 2.52. The molecule has 2 rings (SSSR count). The number of aromatic nitrogens is 1. The zero-order valence-electron chi connectivity index (χ0n) is 11.3. The topological polar surface area (TPSA) is 80.5 Å². The molecule has 1 aliphatic rings. The van der Waals surface area contributed by atoms with Crippen LogP contribution in [0.25, 0.3) is 0 Å². The highest BCUT2D eigenvalue weighted by Gasteiger charge is 2.35. The molecule has 0 bridgehead atoms. The van der Waals surface area contributed by atoms with E-state index in [0.717, 1.165) is 0 Å². The van der Waals surface area contributed by atoms with Gasteiger partial charge in [0.2, 0.25) is 0 Å². The molecule has 1 aromatic heterocycles. The number of carbonyl (C=O) groups is 1. The molecule has 0 aromatic carbocycles. The second-order valence-electron chi connectivity index (χ2n) is 4.85. The van der Waals surface area contributed by atoms with Crippen LogP contribution in [0.5, 0.6) is 0 Å². The Hall–Kier alpha value is -1.37. The second-order valence-corrected chi connectivity index (χ2v) is 7.08. The van der Waals surface area contributed by atoms with Gasteiger partial charge in [-0.15, -0.1) is 0 Å². The zero-order chi connectivity index (χ0) is 14.2. The molecule has 1 aromatic rings. The molecule has 1 saturated heterocycles. The van der Waals surface area contributed by atoms with Crippen molar-refractivity contribution in [3.8, 4) is 0 Å². The van der Waals surface area contributed by atoms with Gasteiger partial charge >= 0.3 is 0 Å². The maximum Gasteiger partial charge on any atom is 0.259 e. The highest BCUT2D eigenvalue weighted by Crippen LogP contribution is 2.22. The summed E-state index contributed by atoms with van der Waals surface area (Å²) in [7, 11) is -3.01. The summed E-state index contributed by atoms with van der Waals surface area (Å²) in [5.74, 6) is 0.488. The molecule has 19 heavy (non-hydrogen) atoms. The molecule has 7 heteroatoms. The van der Waals surface area contributed by atoms with Gasteiger partial charge in [0.25, 0.3) is 5.91 Å². The van der Waals surface area contributed by atoms with E-state index in [1.54, 1.807) is 18.7 Å². The molecule has 0 saturated carbocycles. The number of rotatable bonds is 3. The third-order valence-corrected chi connectivity index (χ3v) is 5.25. The monoisotopic (exact) mass is 286 g/mol. The second kappa shape index (κ2) is 4.96. The predicted octanol–water partition coefficient (Wildman–Crippen LogP) is 0.941. The largest absolute Gasteiger partial charge is 0.361 e. The number of sulfone groups is 1. The number of aryl methyl sites for hydroxylation is 2. The summed E-state index contributed by atoms with van der Waals surface area (Å²) >= 11 is 0. The van der Waals surface area contributed by atoms with E-state index in [9.17, 15) is 13.2 Å². The molecule has 1 fully saturated rings. The average molecular weight is 286 g/mol. The summed E-state index contributed by atoms with van der Waals surface area (Å²) < 4.78 is 28.1. The average Bonchev–Trinajstić information content (AvgIpc) is 2.83. The van der Waals surface area contributed by atoms with E-state index in [4.69, 9.17) is 4.52 Å². The number of hydrogen-bond acceptors (Lipinski definition) is 5. The summed E-state index contributed by atoms with van der Waals surface area (Å²) in [6.07, 6.45) is 0.505. The van der Waals surface area contributed by atoms with Crippen molar-refractivity contribution >= 4 is 15.7 Å². The van der Waals surface area contributed by atoms with Gasteiger partial charge in [0.1, 0.15) is 11.3 Å². The van der Waals surface area contributed by atoms with Crippen molar-refractivity contribution in [2.45, 2.75) is 33.2 Å². The Kier molecular flexibility index (Phi) is 3.66. The normalized spacial score (nSPS) is 21.5. The molecule has 2 heterocycles. The van der Waals surface area contributed by atoms with Crippen LogP contribution in [0.1, 0.15) is 35.2 Å². The maximum absolute atomic E-state index is 12.5. The molecule has 6 nitrogen and oxygen atoms in total. The van der Waals surface area contributed by atoms with Crippen LogP contribution in [-0.2, 0) is 9.84 Å². The molecule has 1 atom stereocenters. The first kappa shape index (κ1) is 14.0. The van der Waals surface area contributed by atoms with Crippen molar-refractivity contribution in [3.05, 3.63) is 17.0 Å². The highest BCUT2D eigenvalue weighted by atomic mass is 32.2. The summed E-state index contributed by atoms with van der Waals surface area (Å²) in [6, 6.07) is -0.240. The maximum atomic E-state index is 12.5. The number of amides is 1. The minimum Gasteiger partial charge on any atom is -0.361 e. The first-order valence-corrected chi connectivity index (χ1v) is 8.12. The van der Waals surface area contributed by atoms with Crippen molar-refractivity contribution in [1.29, 1.82) is 0 Å². The minimum atomic E-state index is -3.01. The van der Waals surface area contributed by atoms with Crippen LogP contribution in [0.4, 0.5) is 0 Å². The smallest absolute Gasteiger partial charge is 0.259 e. The molecule has 106 valence electrons. The molecule has 1 aliphatic heterocycles. The summed E-state index contributed by atoms with van der Waals surface area (Å²) in [4.78, 5) is 14.1. The Morgan fingerprint density at radius 1 is 1.47 bits per heavy atom. The van der Waals surface area contributed by atoms with Gasteiger partial charge in [-0.1, -0.05) is 5.16 Å². The Labute approximate surface area is 112 Å². The lowest BCUT2D eigenvalue weighted by Gasteiger charge is -2.26.